The van der Waals surface area contributed by atoms with Crippen molar-refractivity contribution in [1.29, 1.82) is 0 Å². The molecule has 0 aliphatic rings. The molecular formula is C18H13Cl4N. The van der Waals surface area contributed by atoms with Crippen LogP contribution in [0.15, 0.2) is 60.9 Å². The largest absolute Gasteiger partial charge is 1.00 e. The number of hydrogen-bond donors (Lipinski definition) is 0. The van der Waals surface area contributed by atoms with Crippen molar-refractivity contribution in [3.05, 3.63) is 76.0 Å². The van der Waals surface area contributed by atoms with Gasteiger partial charge in [-0.25, -0.2) is 4.57 Å². The van der Waals surface area contributed by atoms with Gasteiger partial charge in [-0.2, -0.15) is 0 Å². The zero-order valence-electron chi connectivity index (χ0n) is 12.2. The van der Waals surface area contributed by atoms with Crippen LogP contribution in [0, 0.1) is 0 Å². The molecule has 0 bridgehead atoms. The van der Waals surface area contributed by atoms with E-state index >= 15 is 0 Å². The lowest BCUT2D eigenvalue weighted by Crippen LogP contribution is -3.00. The monoisotopic (exact) mass is 383 g/mol. The van der Waals surface area contributed by atoms with Crippen LogP contribution < -0.4 is 17.0 Å². The van der Waals surface area contributed by atoms with Crippen molar-refractivity contribution in [1.82, 2.24) is 0 Å². The Bertz CT molecular complexity index is 779. The molecule has 0 N–H and O–H groups in total. The van der Waals surface area contributed by atoms with Crippen LogP contribution in [0.2, 0.25) is 15.1 Å². The van der Waals surface area contributed by atoms with Gasteiger partial charge in [0.2, 0.25) is 0 Å². The van der Waals surface area contributed by atoms with Crippen molar-refractivity contribution in [2.45, 2.75) is 0 Å². The Morgan fingerprint density at radius 2 is 1.17 bits per heavy atom. The SMILES string of the molecule is C[n+]1cc(-c2cccc(Cl)c2)c(Cl)c(-c2cccc(Cl)c2)c1.[Cl-]. The summed E-state index contributed by atoms with van der Waals surface area (Å²) in [7, 11) is 1.97. The molecule has 0 aliphatic heterocycles. The average molecular weight is 385 g/mol. The predicted molar refractivity (Wildman–Crippen MR) is 93.5 cm³/mol. The summed E-state index contributed by atoms with van der Waals surface area (Å²) >= 11 is 18.8. The fourth-order valence-corrected chi connectivity index (χ4v) is 3.11. The van der Waals surface area contributed by atoms with E-state index in [1.54, 1.807) is 0 Å². The number of aromatic nitrogens is 1. The number of rotatable bonds is 2. The Morgan fingerprint density at radius 3 is 1.57 bits per heavy atom. The summed E-state index contributed by atoms with van der Waals surface area (Å²) in [4.78, 5) is 0. The van der Waals surface area contributed by atoms with E-state index in [0.29, 0.717) is 15.1 Å². The van der Waals surface area contributed by atoms with E-state index in [1.165, 1.54) is 0 Å². The van der Waals surface area contributed by atoms with Crippen molar-refractivity contribution in [2.75, 3.05) is 0 Å². The smallest absolute Gasteiger partial charge is 0.177 e. The van der Waals surface area contributed by atoms with Crippen molar-refractivity contribution in [3.8, 4) is 22.3 Å². The molecule has 0 amide bonds. The van der Waals surface area contributed by atoms with Gasteiger partial charge >= 0.3 is 0 Å². The Labute approximate surface area is 156 Å². The van der Waals surface area contributed by atoms with Gasteiger partial charge in [-0.15, -0.1) is 0 Å². The highest BCUT2D eigenvalue weighted by Gasteiger charge is 2.16. The number of hydrogen-bond acceptors (Lipinski definition) is 0. The Hall–Kier alpha value is -1.25. The van der Waals surface area contributed by atoms with E-state index in [-0.39, 0.29) is 12.4 Å². The first kappa shape index (κ1) is 18.1. The molecule has 1 heterocycles. The summed E-state index contributed by atoms with van der Waals surface area (Å²) in [6, 6.07) is 15.3. The third-order valence-corrected chi connectivity index (χ3v) is 4.29. The van der Waals surface area contributed by atoms with E-state index in [1.807, 2.05) is 72.5 Å². The summed E-state index contributed by atoms with van der Waals surface area (Å²) in [5.74, 6) is 0. The summed E-state index contributed by atoms with van der Waals surface area (Å²) in [6.07, 6.45) is 3.98. The molecular weight excluding hydrogens is 372 g/mol. The maximum atomic E-state index is 6.65. The topological polar surface area (TPSA) is 3.88 Å². The van der Waals surface area contributed by atoms with Crippen molar-refractivity contribution in [2.24, 2.45) is 7.05 Å². The summed E-state index contributed by atoms with van der Waals surface area (Å²) < 4.78 is 1.98. The van der Waals surface area contributed by atoms with Crippen LogP contribution >= 0.6 is 34.8 Å². The fraction of sp³-hybridized carbons (Fsp3) is 0.0556. The zero-order valence-corrected chi connectivity index (χ0v) is 15.3. The summed E-state index contributed by atoms with van der Waals surface area (Å²) in [5.41, 5.74) is 3.84. The first-order chi connectivity index (χ1) is 10.5. The van der Waals surface area contributed by atoms with E-state index in [0.717, 1.165) is 22.3 Å². The predicted octanol–water partition coefficient (Wildman–Crippen LogP) is 2.81. The lowest BCUT2D eigenvalue weighted by Gasteiger charge is -2.09. The minimum atomic E-state index is 0. The first-order valence-electron chi connectivity index (χ1n) is 6.75. The maximum Gasteiger partial charge on any atom is 0.177 e. The van der Waals surface area contributed by atoms with Crippen LogP contribution in [0.25, 0.3) is 22.3 Å². The average Bonchev–Trinajstić information content (AvgIpc) is 2.49. The van der Waals surface area contributed by atoms with E-state index in [4.69, 9.17) is 34.8 Å². The van der Waals surface area contributed by atoms with Gasteiger partial charge < -0.3 is 12.4 Å². The molecule has 1 nitrogen and oxygen atoms in total. The molecule has 23 heavy (non-hydrogen) atoms. The minimum absolute atomic E-state index is 0. The Morgan fingerprint density at radius 1 is 0.739 bits per heavy atom. The molecule has 0 atom stereocenters. The summed E-state index contributed by atoms with van der Waals surface area (Å²) in [5, 5.41) is 2.05. The number of pyridine rings is 1. The highest BCUT2D eigenvalue weighted by atomic mass is 35.5. The molecule has 0 saturated heterocycles. The maximum absolute atomic E-state index is 6.65. The number of benzene rings is 2. The zero-order chi connectivity index (χ0) is 15.7. The van der Waals surface area contributed by atoms with Gasteiger partial charge in [-0.05, 0) is 35.4 Å². The summed E-state index contributed by atoms with van der Waals surface area (Å²) in [6.45, 7) is 0. The molecule has 0 unspecified atom stereocenters. The fourth-order valence-electron chi connectivity index (χ4n) is 2.42. The third-order valence-electron chi connectivity index (χ3n) is 3.41. The Kier molecular flexibility index (Phi) is 5.94. The van der Waals surface area contributed by atoms with Crippen LogP contribution in [0.5, 0.6) is 0 Å². The molecule has 3 rings (SSSR count). The second-order valence-corrected chi connectivity index (χ2v) is 6.34. The quantitative estimate of drug-likeness (QED) is 0.598. The van der Waals surface area contributed by atoms with Crippen LogP contribution in [0.1, 0.15) is 0 Å². The van der Waals surface area contributed by atoms with Gasteiger partial charge in [0.25, 0.3) is 0 Å². The normalized spacial score (nSPS) is 10.3. The number of nitrogens with zero attached hydrogens (tertiary/aromatic N) is 1. The van der Waals surface area contributed by atoms with E-state index < -0.39 is 0 Å². The van der Waals surface area contributed by atoms with Crippen LogP contribution in [-0.2, 0) is 7.05 Å². The molecule has 0 aliphatic carbocycles. The van der Waals surface area contributed by atoms with Gasteiger partial charge in [0.15, 0.2) is 12.4 Å². The first-order valence-corrected chi connectivity index (χ1v) is 7.88. The van der Waals surface area contributed by atoms with Gasteiger partial charge in [0.05, 0.1) is 16.1 Å². The molecule has 0 fully saturated rings. The second kappa shape index (κ2) is 7.55. The molecule has 0 saturated carbocycles. The number of halogens is 4. The van der Waals surface area contributed by atoms with Crippen LogP contribution in [-0.4, -0.2) is 0 Å². The molecule has 0 spiro atoms. The van der Waals surface area contributed by atoms with Crippen LogP contribution in [0.3, 0.4) is 0 Å². The Balaban J connectivity index is 0.00000192. The van der Waals surface area contributed by atoms with Crippen molar-refractivity contribution in [3.63, 3.8) is 0 Å². The van der Waals surface area contributed by atoms with Crippen LogP contribution in [0.4, 0.5) is 0 Å². The standard InChI is InChI=1S/C18H13Cl3N.ClH/c1-22-10-16(12-4-2-6-14(19)8-12)18(21)17(11-22)13-5-3-7-15(20)9-13;/h2-11H,1H3;1H/q+1;/p-1. The number of aryl methyl sites for hydroxylation is 1. The lowest BCUT2D eigenvalue weighted by atomic mass is 10.0. The van der Waals surface area contributed by atoms with Gasteiger partial charge in [0, 0.05) is 10.0 Å². The third kappa shape index (κ3) is 3.99. The molecule has 5 heteroatoms. The van der Waals surface area contributed by atoms with Gasteiger partial charge in [-0.1, -0.05) is 59.1 Å². The van der Waals surface area contributed by atoms with Crippen molar-refractivity contribution < 1.29 is 17.0 Å². The molecule has 1 aromatic heterocycles. The van der Waals surface area contributed by atoms with Gasteiger partial charge in [-0.3, -0.25) is 0 Å². The highest BCUT2D eigenvalue weighted by molar-refractivity contribution is 6.36. The van der Waals surface area contributed by atoms with E-state index in [9.17, 15) is 0 Å². The minimum Gasteiger partial charge on any atom is -1.00 e. The molecule has 0 radical (unpaired) electrons. The van der Waals surface area contributed by atoms with E-state index in [2.05, 4.69) is 0 Å². The lowest BCUT2D eigenvalue weighted by molar-refractivity contribution is -0.670. The molecule has 118 valence electrons. The second-order valence-electron chi connectivity index (χ2n) is 5.09. The molecule has 2 aromatic carbocycles. The van der Waals surface area contributed by atoms with Gasteiger partial charge in [0.1, 0.15) is 7.05 Å². The van der Waals surface area contributed by atoms with Crippen molar-refractivity contribution >= 4 is 34.8 Å². The highest BCUT2D eigenvalue weighted by Crippen LogP contribution is 2.36. The molecule has 3 aromatic rings.